The van der Waals surface area contributed by atoms with Crippen molar-refractivity contribution in [3.05, 3.63) is 54.1 Å². The van der Waals surface area contributed by atoms with Gasteiger partial charge in [-0.25, -0.2) is 0 Å². The number of aromatic hydroxyl groups is 1. The van der Waals surface area contributed by atoms with E-state index >= 15 is 0 Å². The van der Waals surface area contributed by atoms with Gasteiger partial charge >= 0.3 is 0 Å². The molecule has 2 rings (SSSR count). The molecule has 2 aromatic carbocycles. The average molecular weight is 360 g/mol. The van der Waals surface area contributed by atoms with Crippen molar-refractivity contribution in [2.75, 3.05) is 20.3 Å². The van der Waals surface area contributed by atoms with Gasteiger partial charge < -0.3 is 15.2 Å². The van der Waals surface area contributed by atoms with Gasteiger partial charge in [-0.3, -0.25) is 0 Å². The maximum atomic E-state index is 10.0. The minimum atomic E-state index is -1.62. The second kappa shape index (κ2) is 9.06. The zero-order valence-corrected chi connectivity index (χ0v) is 17.7. The van der Waals surface area contributed by atoms with Gasteiger partial charge in [-0.05, 0) is 37.7 Å². The summed E-state index contributed by atoms with van der Waals surface area (Å²) in [6.07, 6.45) is 0.728. The summed E-state index contributed by atoms with van der Waals surface area (Å²) in [5.74, 6) is 1.17. The third-order valence-corrected chi connectivity index (χ3v) is 6.69. The molecule has 0 aliphatic rings. The monoisotopic (exact) mass is 359 g/mol. The van der Waals surface area contributed by atoms with Crippen molar-refractivity contribution in [2.24, 2.45) is 0 Å². The fourth-order valence-corrected chi connectivity index (χ4v) is 4.23. The van der Waals surface area contributed by atoms with Crippen molar-refractivity contribution < 1.29 is 9.84 Å². The number of benzene rings is 2. The van der Waals surface area contributed by atoms with Crippen LogP contribution >= 0.6 is 0 Å². The average Bonchev–Trinajstić information content (AvgIpc) is 2.55. The molecule has 4 heteroatoms. The second-order valence-corrected chi connectivity index (χ2v) is 12.6. The van der Waals surface area contributed by atoms with Gasteiger partial charge in [0.05, 0.1) is 6.23 Å². The van der Waals surface area contributed by atoms with Gasteiger partial charge in [-0.2, -0.15) is 0 Å². The Labute approximate surface area is 154 Å². The van der Waals surface area contributed by atoms with Crippen LogP contribution in [0.15, 0.2) is 48.5 Å². The Balaban J connectivity index is 0.000000970. The second-order valence-electron chi connectivity index (χ2n) is 7.97. The Morgan fingerprint density at radius 2 is 1.56 bits per heavy atom. The van der Waals surface area contributed by atoms with E-state index in [-0.39, 0.29) is 5.41 Å². The van der Waals surface area contributed by atoms with Crippen molar-refractivity contribution in [3.8, 4) is 11.5 Å². The third-order valence-electron chi connectivity index (χ3n) is 3.93. The van der Waals surface area contributed by atoms with E-state index < -0.39 is 8.07 Å². The SMILES string of the molecule is CC(C)(C)c1cc(OC[Si](C)(C)c2ccccc2)ccc1O.CNC. The van der Waals surface area contributed by atoms with Crippen LogP contribution in [0, 0.1) is 0 Å². The predicted octanol–water partition coefficient (Wildman–Crippen LogP) is 4.06. The van der Waals surface area contributed by atoms with Gasteiger partial charge in [-0.1, -0.05) is 69.4 Å². The Morgan fingerprint density at radius 3 is 2.08 bits per heavy atom. The maximum Gasteiger partial charge on any atom is 0.124 e. The lowest BCUT2D eigenvalue weighted by Crippen LogP contribution is -2.47. The lowest BCUT2D eigenvalue weighted by molar-refractivity contribution is 0.374. The fourth-order valence-electron chi connectivity index (χ4n) is 2.44. The van der Waals surface area contributed by atoms with Gasteiger partial charge in [-0.15, -0.1) is 0 Å². The summed E-state index contributed by atoms with van der Waals surface area (Å²) in [6.45, 7) is 10.9. The number of hydrogen-bond donors (Lipinski definition) is 2. The van der Waals surface area contributed by atoms with Crippen LogP contribution in [0.5, 0.6) is 11.5 Å². The number of hydrogen-bond acceptors (Lipinski definition) is 3. The molecule has 0 saturated carbocycles. The van der Waals surface area contributed by atoms with Crippen LogP contribution < -0.4 is 15.2 Å². The summed E-state index contributed by atoms with van der Waals surface area (Å²) in [5, 5.41) is 14.2. The molecule has 0 unspecified atom stereocenters. The van der Waals surface area contributed by atoms with Gasteiger partial charge in [0, 0.05) is 5.56 Å². The molecule has 0 bridgehead atoms. The fraction of sp³-hybridized carbons (Fsp3) is 0.429. The lowest BCUT2D eigenvalue weighted by atomic mass is 9.86. The first kappa shape index (κ1) is 21.3. The Morgan fingerprint density at radius 1 is 1.00 bits per heavy atom. The van der Waals surface area contributed by atoms with Crippen LogP contribution in [0.2, 0.25) is 13.1 Å². The smallest absolute Gasteiger partial charge is 0.124 e. The van der Waals surface area contributed by atoms with Gasteiger partial charge in [0.2, 0.25) is 0 Å². The normalized spacial score (nSPS) is 11.5. The summed E-state index contributed by atoms with van der Waals surface area (Å²) < 4.78 is 6.07. The first-order chi connectivity index (χ1) is 11.6. The number of phenolic OH excluding ortho intramolecular Hbond substituents is 1. The molecule has 0 aliphatic carbocycles. The minimum absolute atomic E-state index is 0.101. The molecule has 2 N–H and O–H groups in total. The van der Waals surface area contributed by atoms with Crippen LogP contribution in [-0.4, -0.2) is 33.5 Å². The highest BCUT2D eigenvalue weighted by molar-refractivity contribution is 6.89. The van der Waals surface area contributed by atoms with Gasteiger partial charge in [0.15, 0.2) is 0 Å². The van der Waals surface area contributed by atoms with Crippen molar-refractivity contribution in [2.45, 2.75) is 39.3 Å². The summed E-state index contributed by atoms with van der Waals surface area (Å²) in [4.78, 5) is 0. The zero-order chi connectivity index (χ0) is 19.1. The Kier molecular flexibility index (Phi) is 7.71. The summed E-state index contributed by atoms with van der Waals surface area (Å²) in [7, 11) is 2.13. The van der Waals surface area contributed by atoms with E-state index in [2.05, 4.69) is 63.4 Å². The molecule has 0 atom stereocenters. The van der Waals surface area contributed by atoms with E-state index in [1.165, 1.54) is 5.19 Å². The molecule has 3 nitrogen and oxygen atoms in total. The molecule has 0 spiro atoms. The predicted molar refractivity (Wildman–Crippen MR) is 111 cm³/mol. The quantitative estimate of drug-likeness (QED) is 0.809. The number of nitrogens with one attached hydrogen (secondary N) is 1. The topological polar surface area (TPSA) is 41.5 Å². The van der Waals surface area contributed by atoms with E-state index in [1.54, 1.807) is 6.07 Å². The van der Waals surface area contributed by atoms with Crippen LogP contribution in [0.1, 0.15) is 26.3 Å². The molecule has 0 saturated heterocycles. The molecule has 0 heterocycles. The molecule has 2 aromatic rings. The molecule has 25 heavy (non-hydrogen) atoms. The van der Waals surface area contributed by atoms with E-state index in [0.29, 0.717) is 5.75 Å². The lowest BCUT2D eigenvalue weighted by Gasteiger charge is -2.25. The molecule has 0 fully saturated rings. The number of phenols is 1. The summed E-state index contributed by atoms with van der Waals surface area (Å²) >= 11 is 0. The van der Waals surface area contributed by atoms with Crippen molar-refractivity contribution in [1.82, 2.24) is 5.32 Å². The molecule has 0 amide bonds. The first-order valence-electron chi connectivity index (χ1n) is 8.72. The largest absolute Gasteiger partial charge is 0.508 e. The maximum absolute atomic E-state index is 10.0. The van der Waals surface area contributed by atoms with Crippen molar-refractivity contribution in [3.63, 3.8) is 0 Å². The zero-order valence-electron chi connectivity index (χ0n) is 16.7. The highest BCUT2D eigenvalue weighted by atomic mass is 28.3. The third kappa shape index (κ3) is 6.56. The summed E-state index contributed by atoms with van der Waals surface area (Å²) in [5.41, 5.74) is 0.819. The van der Waals surface area contributed by atoms with Crippen LogP contribution in [0.25, 0.3) is 0 Å². The number of rotatable bonds is 4. The highest BCUT2D eigenvalue weighted by Gasteiger charge is 2.25. The van der Waals surface area contributed by atoms with Gasteiger partial charge in [0.1, 0.15) is 19.6 Å². The Bertz CT molecular complexity index is 649. The van der Waals surface area contributed by atoms with E-state index in [0.717, 1.165) is 17.5 Å². The van der Waals surface area contributed by atoms with Crippen LogP contribution in [-0.2, 0) is 5.41 Å². The van der Waals surface area contributed by atoms with Crippen molar-refractivity contribution >= 4 is 13.3 Å². The highest BCUT2D eigenvalue weighted by Crippen LogP contribution is 2.33. The van der Waals surface area contributed by atoms with E-state index in [1.807, 2.05) is 32.3 Å². The molecular formula is C21H33NO2Si. The molecule has 138 valence electrons. The number of ether oxygens (including phenoxy) is 1. The van der Waals surface area contributed by atoms with Crippen molar-refractivity contribution in [1.29, 1.82) is 0 Å². The molecule has 0 aliphatic heterocycles. The first-order valence-corrected chi connectivity index (χ1v) is 11.9. The van der Waals surface area contributed by atoms with Crippen LogP contribution in [0.4, 0.5) is 0 Å². The van der Waals surface area contributed by atoms with Gasteiger partial charge in [0.25, 0.3) is 0 Å². The molecule has 0 aromatic heterocycles. The summed E-state index contributed by atoms with van der Waals surface area (Å²) in [6, 6.07) is 16.1. The molecule has 0 radical (unpaired) electrons. The van der Waals surface area contributed by atoms with E-state index in [4.69, 9.17) is 4.74 Å². The minimum Gasteiger partial charge on any atom is -0.508 e. The van der Waals surface area contributed by atoms with E-state index in [9.17, 15) is 5.11 Å². The standard InChI is InChI=1S/C19H26O2Si.C2H7N/c1-19(2,3)17-13-15(11-12-18(17)20)21-14-22(4,5)16-9-7-6-8-10-16;1-3-2/h6-13,20H,14H2,1-5H3;3H,1-2H3. The van der Waals surface area contributed by atoms with Crippen LogP contribution in [0.3, 0.4) is 0 Å². The molecular weight excluding hydrogens is 326 g/mol. The Hall–Kier alpha value is -1.78.